The van der Waals surface area contributed by atoms with E-state index >= 15 is 0 Å². The van der Waals surface area contributed by atoms with Crippen molar-refractivity contribution in [1.82, 2.24) is 10.6 Å². The zero-order valence-electron chi connectivity index (χ0n) is 12.5. The molecule has 1 aliphatic heterocycles. The predicted octanol–water partition coefficient (Wildman–Crippen LogP) is 1.76. The zero-order valence-corrected chi connectivity index (χ0v) is 14.8. The van der Waals surface area contributed by atoms with E-state index in [2.05, 4.69) is 22.5 Å². The highest BCUT2D eigenvalue weighted by atomic mass is 127. The van der Waals surface area contributed by atoms with E-state index in [0.29, 0.717) is 12.6 Å². The van der Waals surface area contributed by atoms with Gasteiger partial charge in [-0.3, -0.25) is 4.99 Å². The highest BCUT2D eigenvalue weighted by Crippen LogP contribution is 2.10. The van der Waals surface area contributed by atoms with Crippen molar-refractivity contribution >= 4 is 29.9 Å². The number of rotatable bonds is 6. The quantitative estimate of drug-likeness (QED) is 0.416. The lowest BCUT2D eigenvalue weighted by atomic mass is 10.1. The fourth-order valence-electron chi connectivity index (χ4n) is 1.69. The molecule has 0 saturated carbocycles. The van der Waals surface area contributed by atoms with Gasteiger partial charge in [0.15, 0.2) is 5.96 Å². The van der Waals surface area contributed by atoms with Crippen molar-refractivity contribution in [3.8, 4) is 0 Å². The van der Waals surface area contributed by atoms with Crippen molar-refractivity contribution in [2.45, 2.75) is 45.3 Å². The molecule has 6 heteroatoms. The van der Waals surface area contributed by atoms with Gasteiger partial charge in [0.2, 0.25) is 0 Å². The van der Waals surface area contributed by atoms with Crippen LogP contribution in [0.5, 0.6) is 0 Å². The van der Waals surface area contributed by atoms with Crippen LogP contribution < -0.4 is 10.6 Å². The molecule has 2 N–H and O–H groups in total. The second-order valence-corrected chi connectivity index (χ2v) is 5.17. The number of methoxy groups -OCH3 is 1. The summed E-state index contributed by atoms with van der Waals surface area (Å²) in [5.74, 6) is 0.832. The first-order chi connectivity index (χ1) is 8.57. The topological polar surface area (TPSA) is 54.9 Å². The zero-order chi connectivity index (χ0) is 13.4. The molecular weight excluding hydrogens is 357 g/mol. The van der Waals surface area contributed by atoms with Gasteiger partial charge in [0, 0.05) is 26.8 Å². The van der Waals surface area contributed by atoms with Crippen LogP contribution in [0.25, 0.3) is 0 Å². The summed E-state index contributed by atoms with van der Waals surface area (Å²) in [6.45, 7) is 9.30. The van der Waals surface area contributed by atoms with Gasteiger partial charge in [0.25, 0.3) is 0 Å². The van der Waals surface area contributed by atoms with Gasteiger partial charge in [-0.05, 0) is 33.6 Å². The molecule has 1 saturated heterocycles. The van der Waals surface area contributed by atoms with Crippen LogP contribution in [-0.2, 0) is 9.47 Å². The molecular formula is C13H28IN3O2. The number of hydrogen-bond acceptors (Lipinski definition) is 3. The first-order valence-corrected chi connectivity index (χ1v) is 6.76. The number of aliphatic imine (C=N–C) groups is 1. The average Bonchev–Trinajstić information content (AvgIpc) is 2.86. The molecule has 0 aromatic carbocycles. The fourth-order valence-corrected chi connectivity index (χ4v) is 1.69. The van der Waals surface area contributed by atoms with Gasteiger partial charge in [0.05, 0.1) is 18.2 Å². The second kappa shape index (κ2) is 9.77. The summed E-state index contributed by atoms with van der Waals surface area (Å²) in [7, 11) is 1.71. The highest BCUT2D eigenvalue weighted by Gasteiger charge is 2.17. The summed E-state index contributed by atoms with van der Waals surface area (Å²) in [5.41, 5.74) is -0.230. The molecule has 0 amide bonds. The number of ether oxygens (including phenoxy) is 2. The molecule has 0 bridgehead atoms. The Morgan fingerprint density at radius 3 is 2.68 bits per heavy atom. The molecule has 1 heterocycles. The first-order valence-electron chi connectivity index (χ1n) is 6.76. The molecule has 1 unspecified atom stereocenters. The van der Waals surface area contributed by atoms with Gasteiger partial charge >= 0.3 is 0 Å². The fraction of sp³-hybridized carbons (Fsp3) is 0.923. The minimum atomic E-state index is -0.230. The number of hydrogen-bond donors (Lipinski definition) is 2. The van der Waals surface area contributed by atoms with E-state index in [1.54, 1.807) is 7.11 Å². The number of halogens is 1. The standard InChI is InChI=1S/C13H27N3O2.HI/c1-5-14-12(16-10-13(2,3)17-4)15-9-11-7-6-8-18-11;/h11H,5-10H2,1-4H3,(H2,14,15,16);1H. The maximum Gasteiger partial charge on any atom is 0.191 e. The van der Waals surface area contributed by atoms with Crippen LogP contribution >= 0.6 is 24.0 Å². The largest absolute Gasteiger partial charge is 0.377 e. The summed E-state index contributed by atoms with van der Waals surface area (Å²) in [5, 5.41) is 6.55. The van der Waals surface area contributed by atoms with Gasteiger partial charge in [-0.15, -0.1) is 24.0 Å². The van der Waals surface area contributed by atoms with Crippen molar-refractivity contribution in [3.05, 3.63) is 0 Å². The van der Waals surface area contributed by atoms with E-state index in [1.807, 2.05) is 13.8 Å². The summed E-state index contributed by atoms with van der Waals surface area (Å²) >= 11 is 0. The maximum atomic E-state index is 5.58. The first kappa shape index (κ1) is 18.9. The van der Waals surface area contributed by atoms with Crippen molar-refractivity contribution in [3.63, 3.8) is 0 Å². The van der Waals surface area contributed by atoms with Crippen molar-refractivity contribution in [1.29, 1.82) is 0 Å². The molecule has 0 spiro atoms. The predicted molar refractivity (Wildman–Crippen MR) is 89.5 cm³/mol. The summed E-state index contributed by atoms with van der Waals surface area (Å²) in [6, 6.07) is 0. The highest BCUT2D eigenvalue weighted by molar-refractivity contribution is 14.0. The molecule has 5 nitrogen and oxygen atoms in total. The smallest absolute Gasteiger partial charge is 0.191 e. The minimum Gasteiger partial charge on any atom is -0.377 e. The molecule has 0 aliphatic carbocycles. The summed E-state index contributed by atoms with van der Waals surface area (Å²) in [6.07, 6.45) is 2.62. The van der Waals surface area contributed by atoms with Gasteiger partial charge in [0.1, 0.15) is 0 Å². The Labute approximate surface area is 133 Å². The Morgan fingerprint density at radius 1 is 1.42 bits per heavy atom. The molecule has 1 aliphatic rings. The van der Waals surface area contributed by atoms with Crippen molar-refractivity contribution in [2.75, 3.05) is 33.4 Å². The molecule has 1 fully saturated rings. The van der Waals surface area contributed by atoms with E-state index in [4.69, 9.17) is 9.47 Å². The molecule has 19 heavy (non-hydrogen) atoms. The third-order valence-corrected chi connectivity index (χ3v) is 3.04. The molecule has 0 aromatic heterocycles. The van der Waals surface area contributed by atoms with Gasteiger partial charge in [-0.25, -0.2) is 0 Å². The third kappa shape index (κ3) is 7.94. The molecule has 114 valence electrons. The van der Waals surface area contributed by atoms with E-state index in [1.165, 1.54) is 0 Å². The minimum absolute atomic E-state index is 0. The van der Waals surface area contributed by atoms with E-state index in [0.717, 1.165) is 38.5 Å². The van der Waals surface area contributed by atoms with Crippen LogP contribution in [0, 0.1) is 0 Å². The third-order valence-electron chi connectivity index (χ3n) is 3.04. The number of nitrogens with zero attached hydrogens (tertiary/aromatic N) is 1. The molecule has 0 aromatic rings. The Bertz CT molecular complexity index is 267. The number of nitrogens with one attached hydrogen (secondary N) is 2. The van der Waals surface area contributed by atoms with Gasteiger partial charge in [-0.1, -0.05) is 0 Å². The lowest BCUT2D eigenvalue weighted by Crippen LogP contribution is -2.42. The van der Waals surface area contributed by atoms with Gasteiger partial charge < -0.3 is 20.1 Å². The Morgan fingerprint density at radius 2 is 2.16 bits per heavy atom. The SMILES string of the molecule is CCNC(=NCC(C)(C)OC)NCC1CCCO1.I. The lowest BCUT2D eigenvalue weighted by Gasteiger charge is -2.21. The molecule has 1 atom stereocenters. The molecule has 1 rings (SSSR count). The summed E-state index contributed by atoms with van der Waals surface area (Å²) in [4.78, 5) is 4.53. The Kier molecular flexibility index (Phi) is 9.72. The lowest BCUT2D eigenvalue weighted by molar-refractivity contribution is 0.0310. The van der Waals surface area contributed by atoms with Crippen LogP contribution in [-0.4, -0.2) is 51.0 Å². The Hall–Kier alpha value is -0.0800. The van der Waals surface area contributed by atoms with E-state index in [-0.39, 0.29) is 29.6 Å². The second-order valence-electron chi connectivity index (χ2n) is 5.17. The maximum absolute atomic E-state index is 5.58. The normalized spacial score (nSPS) is 20.0. The number of guanidine groups is 1. The van der Waals surface area contributed by atoms with Crippen molar-refractivity contribution < 1.29 is 9.47 Å². The van der Waals surface area contributed by atoms with E-state index in [9.17, 15) is 0 Å². The van der Waals surface area contributed by atoms with Crippen LogP contribution in [0.15, 0.2) is 4.99 Å². The van der Waals surface area contributed by atoms with Crippen LogP contribution in [0.4, 0.5) is 0 Å². The van der Waals surface area contributed by atoms with Crippen LogP contribution in [0.1, 0.15) is 33.6 Å². The average molecular weight is 385 g/mol. The van der Waals surface area contributed by atoms with Crippen LogP contribution in [0.2, 0.25) is 0 Å². The van der Waals surface area contributed by atoms with Crippen LogP contribution in [0.3, 0.4) is 0 Å². The molecule has 0 radical (unpaired) electrons. The van der Waals surface area contributed by atoms with Gasteiger partial charge in [-0.2, -0.15) is 0 Å². The monoisotopic (exact) mass is 385 g/mol. The Balaban J connectivity index is 0.00000324. The summed E-state index contributed by atoms with van der Waals surface area (Å²) < 4.78 is 10.9. The van der Waals surface area contributed by atoms with E-state index < -0.39 is 0 Å². The van der Waals surface area contributed by atoms with Crippen molar-refractivity contribution in [2.24, 2.45) is 4.99 Å².